The number of oxazole rings is 1. The lowest BCUT2D eigenvalue weighted by Gasteiger charge is -2.19. The molecule has 28 heavy (non-hydrogen) atoms. The van der Waals surface area contributed by atoms with E-state index in [1.165, 1.54) is 6.26 Å². The van der Waals surface area contributed by atoms with Crippen LogP contribution in [0.25, 0.3) is 0 Å². The van der Waals surface area contributed by atoms with Gasteiger partial charge in [-0.2, -0.15) is 5.10 Å². The maximum Gasteiger partial charge on any atom is 0.275 e. The second-order valence-corrected chi connectivity index (χ2v) is 6.08. The summed E-state index contributed by atoms with van der Waals surface area (Å²) < 4.78 is 23.4. The van der Waals surface area contributed by atoms with Crippen LogP contribution in [0.1, 0.15) is 23.3 Å². The van der Waals surface area contributed by atoms with Gasteiger partial charge in [0.25, 0.3) is 5.91 Å². The van der Waals surface area contributed by atoms with Crippen LogP contribution in [0.2, 0.25) is 0 Å². The SMILES string of the molecule is CCN(CCn1cccn1)C(=O)c1coc(COc2ccc3c(c2)OCO3)n1. The molecule has 1 aliphatic rings. The third-order valence-corrected chi connectivity index (χ3v) is 4.30. The third-order valence-electron chi connectivity index (χ3n) is 4.30. The van der Waals surface area contributed by atoms with Crippen LogP contribution in [-0.4, -0.2) is 45.5 Å². The van der Waals surface area contributed by atoms with Gasteiger partial charge in [-0.1, -0.05) is 0 Å². The minimum atomic E-state index is -0.187. The Labute approximate surface area is 161 Å². The number of ether oxygens (including phenoxy) is 3. The van der Waals surface area contributed by atoms with Gasteiger partial charge in [-0.15, -0.1) is 0 Å². The Bertz CT molecular complexity index is 938. The van der Waals surface area contributed by atoms with Crippen molar-refractivity contribution < 1.29 is 23.4 Å². The van der Waals surface area contributed by atoms with Crippen molar-refractivity contribution in [3.05, 3.63) is 54.5 Å². The number of hydrogen-bond acceptors (Lipinski definition) is 7. The highest BCUT2D eigenvalue weighted by atomic mass is 16.7. The Balaban J connectivity index is 1.34. The van der Waals surface area contributed by atoms with Gasteiger partial charge in [-0.25, -0.2) is 4.98 Å². The van der Waals surface area contributed by atoms with Crippen molar-refractivity contribution in [1.29, 1.82) is 0 Å². The van der Waals surface area contributed by atoms with E-state index < -0.39 is 0 Å². The fourth-order valence-corrected chi connectivity index (χ4v) is 2.81. The Hall–Kier alpha value is -3.49. The predicted octanol–water partition coefficient (Wildman–Crippen LogP) is 2.34. The highest BCUT2D eigenvalue weighted by Gasteiger charge is 2.19. The van der Waals surface area contributed by atoms with Gasteiger partial charge in [0, 0.05) is 31.5 Å². The molecule has 3 heterocycles. The molecule has 0 saturated carbocycles. The first kappa shape index (κ1) is 17.9. The first-order valence-corrected chi connectivity index (χ1v) is 8.96. The van der Waals surface area contributed by atoms with E-state index >= 15 is 0 Å². The van der Waals surface area contributed by atoms with Crippen molar-refractivity contribution in [1.82, 2.24) is 19.7 Å². The fraction of sp³-hybridized carbons (Fsp3) is 0.316. The van der Waals surface area contributed by atoms with Gasteiger partial charge in [0.1, 0.15) is 12.0 Å². The number of aromatic nitrogens is 3. The Morgan fingerprint density at radius 3 is 3.04 bits per heavy atom. The molecule has 0 atom stereocenters. The molecule has 4 rings (SSSR count). The normalized spacial score (nSPS) is 12.2. The number of carbonyl (C=O) groups excluding carboxylic acids is 1. The molecule has 1 amide bonds. The summed E-state index contributed by atoms with van der Waals surface area (Å²) in [6.45, 7) is 3.95. The molecule has 146 valence electrons. The molecule has 9 heteroatoms. The maximum absolute atomic E-state index is 12.7. The van der Waals surface area contributed by atoms with Crippen LogP contribution in [0, 0.1) is 0 Å². The molecule has 0 saturated heterocycles. The zero-order valence-electron chi connectivity index (χ0n) is 15.4. The number of likely N-dealkylation sites (N-methyl/N-ethyl adjacent to an activating group) is 1. The number of hydrogen-bond donors (Lipinski definition) is 0. The summed E-state index contributed by atoms with van der Waals surface area (Å²) in [5, 5.41) is 4.14. The van der Waals surface area contributed by atoms with E-state index in [1.807, 2.05) is 19.2 Å². The van der Waals surface area contributed by atoms with E-state index in [4.69, 9.17) is 18.6 Å². The second kappa shape index (κ2) is 8.03. The minimum absolute atomic E-state index is 0.104. The quantitative estimate of drug-likeness (QED) is 0.589. The largest absolute Gasteiger partial charge is 0.484 e. The third kappa shape index (κ3) is 3.93. The smallest absolute Gasteiger partial charge is 0.275 e. The van der Waals surface area contributed by atoms with Crippen LogP contribution in [0.3, 0.4) is 0 Å². The van der Waals surface area contributed by atoms with Crippen LogP contribution in [0.15, 0.2) is 47.3 Å². The van der Waals surface area contributed by atoms with Crippen LogP contribution >= 0.6 is 0 Å². The van der Waals surface area contributed by atoms with Crippen LogP contribution in [0.5, 0.6) is 17.2 Å². The molecule has 0 fully saturated rings. The lowest BCUT2D eigenvalue weighted by atomic mass is 10.3. The predicted molar refractivity (Wildman–Crippen MR) is 97.2 cm³/mol. The van der Waals surface area contributed by atoms with E-state index in [2.05, 4.69) is 10.1 Å². The number of fused-ring (bicyclic) bond motifs is 1. The molecule has 0 N–H and O–H groups in total. The molecule has 0 bridgehead atoms. The zero-order chi connectivity index (χ0) is 19.3. The zero-order valence-corrected chi connectivity index (χ0v) is 15.4. The van der Waals surface area contributed by atoms with Gasteiger partial charge in [-0.3, -0.25) is 9.48 Å². The Morgan fingerprint density at radius 1 is 1.32 bits per heavy atom. The number of nitrogens with zero attached hydrogens (tertiary/aromatic N) is 4. The van der Waals surface area contributed by atoms with E-state index in [1.54, 1.807) is 34.0 Å². The standard InChI is InChI=1S/C19H20N4O5/c1-2-22(8-9-23-7-3-6-20-23)19(24)15-11-26-18(21-15)12-25-14-4-5-16-17(10-14)28-13-27-16/h3-7,10-11H,2,8-9,12-13H2,1H3. The Kier molecular flexibility index (Phi) is 5.14. The summed E-state index contributed by atoms with van der Waals surface area (Å²) in [5.74, 6) is 2.06. The number of rotatable bonds is 8. The second-order valence-electron chi connectivity index (χ2n) is 6.08. The van der Waals surface area contributed by atoms with Crippen molar-refractivity contribution in [3.8, 4) is 17.2 Å². The molecule has 2 aromatic heterocycles. The number of benzene rings is 1. The van der Waals surface area contributed by atoms with Crippen molar-refractivity contribution in [2.24, 2.45) is 0 Å². The minimum Gasteiger partial charge on any atom is -0.484 e. The summed E-state index contributed by atoms with van der Waals surface area (Å²) >= 11 is 0. The van der Waals surface area contributed by atoms with E-state index in [-0.39, 0.29) is 25.0 Å². The topological polar surface area (TPSA) is 91.9 Å². The number of carbonyl (C=O) groups is 1. The molecular weight excluding hydrogens is 364 g/mol. The van der Waals surface area contributed by atoms with Crippen LogP contribution in [0.4, 0.5) is 0 Å². The molecular formula is C19H20N4O5. The van der Waals surface area contributed by atoms with Crippen molar-refractivity contribution >= 4 is 5.91 Å². The first-order chi connectivity index (χ1) is 13.7. The Morgan fingerprint density at radius 2 is 2.21 bits per heavy atom. The molecule has 0 aliphatic carbocycles. The summed E-state index contributed by atoms with van der Waals surface area (Å²) in [4.78, 5) is 18.6. The lowest BCUT2D eigenvalue weighted by molar-refractivity contribution is 0.0751. The molecule has 0 unspecified atom stereocenters. The van der Waals surface area contributed by atoms with E-state index in [9.17, 15) is 4.79 Å². The van der Waals surface area contributed by atoms with E-state index in [0.717, 1.165) is 0 Å². The van der Waals surface area contributed by atoms with Gasteiger partial charge in [0.15, 0.2) is 23.8 Å². The monoisotopic (exact) mass is 384 g/mol. The van der Waals surface area contributed by atoms with Gasteiger partial charge < -0.3 is 23.5 Å². The lowest BCUT2D eigenvalue weighted by Crippen LogP contribution is -2.34. The molecule has 0 spiro atoms. The van der Waals surface area contributed by atoms with Crippen LogP contribution in [-0.2, 0) is 13.2 Å². The first-order valence-electron chi connectivity index (χ1n) is 8.96. The molecule has 1 aliphatic heterocycles. The van der Waals surface area contributed by atoms with Gasteiger partial charge in [0.05, 0.1) is 6.54 Å². The summed E-state index contributed by atoms with van der Waals surface area (Å²) in [6.07, 6.45) is 4.93. The van der Waals surface area contributed by atoms with Crippen molar-refractivity contribution in [2.45, 2.75) is 20.1 Å². The average molecular weight is 384 g/mol. The summed E-state index contributed by atoms with van der Waals surface area (Å²) in [7, 11) is 0. The highest BCUT2D eigenvalue weighted by molar-refractivity contribution is 5.91. The van der Waals surface area contributed by atoms with E-state index in [0.29, 0.717) is 42.8 Å². The van der Waals surface area contributed by atoms with Crippen molar-refractivity contribution in [2.75, 3.05) is 19.9 Å². The number of amides is 1. The average Bonchev–Trinajstić information content (AvgIpc) is 3.47. The van der Waals surface area contributed by atoms with Gasteiger partial charge in [0.2, 0.25) is 12.7 Å². The molecule has 0 radical (unpaired) electrons. The van der Waals surface area contributed by atoms with Crippen molar-refractivity contribution in [3.63, 3.8) is 0 Å². The fourth-order valence-electron chi connectivity index (χ4n) is 2.81. The highest BCUT2D eigenvalue weighted by Crippen LogP contribution is 2.35. The van der Waals surface area contributed by atoms with Gasteiger partial charge in [-0.05, 0) is 25.1 Å². The molecule has 3 aromatic rings. The molecule has 1 aromatic carbocycles. The maximum atomic E-state index is 12.7. The van der Waals surface area contributed by atoms with Crippen LogP contribution < -0.4 is 14.2 Å². The summed E-state index contributed by atoms with van der Waals surface area (Å²) in [5.41, 5.74) is 0.256. The molecule has 9 nitrogen and oxygen atoms in total. The summed E-state index contributed by atoms with van der Waals surface area (Å²) in [6, 6.07) is 7.14. The van der Waals surface area contributed by atoms with Gasteiger partial charge >= 0.3 is 0 Å².